The Balaban J connectivity index is 1.47. The lowest BCUT2D eigenvalue weighted by atomic mass is 10.0. The Morgan fingerprint density at radius 3 is 2.77 bits per heavy atom. The highest BCUT2D eigenvalue weighted by atomic mass is 32.2. The lowest BCUT2D eigenvalue weighted by Crippen LogP contribution is -2.36. The van der Waals surface area contributed by atoms with Gasteiger partial charge >= 0.3 is 0 Å². The summed E-state index contributed by atoms with van der Waals surface area (Å²) < 4.78 is 10.6. The van der Waals surface area contributed by atoms with E-state index < -0.39 is 0 Å². The van der Waals surface area contributed by atoms with E-state index in [-0.39, 0.29) is 11.5 Å². The lowest BCUT2D eigenvalue weighted by Gasteiger charge is -2.29. The third-order valence-corrected chi connectivity index (χ3v) is 6.06. The normalized spacial score (nSPS) is 13.2. The van der Waals surface area contributed by atoms with E-state index in [0.29, 0.717) is 39.7 Å². The molecule has 3 aromatic rings. The maximum atomic E-state index is 12.8. The number of carbonyl (C=O) groups is 1. The van der Waals surface area contributed by atoms with E-state index >= 15 is 0 Å². The van der Waals surface area contributed by atoms with Gasteiger partial charge in [0.25, 0.3) is 5.56 Å². The Bertz CT molecular complexity index is 1140. The Morgan fingerprint density at radius 1 is 1.20 bits per heavy atom. The maximum absolute atomic E-state index is 12.8. The van der Waals surface area contributed by atoms with Crippen LogP contribution in [0.1, 0.15) is 17.8 Å². The van der Waals surface area contributed by atoms with Crippen molar-refractivity contribution in [1.82, 2.24) is 9.97 Å². The summed E-state index contributed by atoms with van der Waals surface area (Å²) in [6, 6.07) is 11.4. The number of thioether (sulfide) groups is 1. The highest BCUT2D eigenvalue weighted by molar-refractivity contribution is 7.99. The summed E-state index contributed by atoms with van der Waals surface area (Å²) in [5.74, 6) is 2.34. The van der Waals surface area contributed by atoms with Gasteiger partial charge in [0.2, 0.25) is 5.91 Å². The van der Waals surface area contributed by atoms with Crippen molar-refractivity contribution in [2.75, 3.05) is 31.4 Å². The Hall–Kier alpha value is -3.00. The number of rotatable bonds is 6. The van der Waals surface area contributed by atoms with Gasteiger partial charge in [-0.05, 0) is 30.5 Å². The zero-order valence-corrected chi connectivity index (χ0v) is 17.8. The fraction of sp³-hybridized carbons (Fsp3) is 0.318. The summed E-state index contributed by atoms with van der Waals surface area (Å²) in [6.07, 6.45) is 1.97. The van der Waals surface area contributed by atoms with E-state index in [0.717, 1.165) is 25.1 Å². The first kappa shape index (κ1) is 20.3. The summed E-state index contributed by atoms with van der Waals surface area (Å²) in [5.41, 5.74) is 2.51. The molecular formula is C22H23N3O4S. The molecule has 0 atom stereocenters. The minimum absolute atomic E-state index is 0.0710. The summed E-state index contributed by atoms with van der Waals surface area (Å²) in [4.78, 5) is 34.4. The van der Waals surface area contributed by atoms with Crippen LogP contribution in [0.15, 0.2) is 41.2 Å². The quantitative estimate of drug-likeness (QED) is 0.653. The second-order valence-corrected chi connectivity index (χ2v) is 7.99. The molecule has 7 nitrogen and oxygen atoms in total. The van der Waals surface area contributed by atoms with Gasteiger partial charge in [0.15, 0.2) is 11.5 Å². The van der Waals surface area contributed by atoms with E-state index in [1.54, 1.807) is 12.1 Å². The lowest BCUT2D eigenvalue weighted by molar-refractivity contribution is -0.116. The average molecular weight is 426 g/mol. The molecule has 156 valence electrons. The molecule has 1 aromatic heterocycles. The number of nitrogens with one attached hydrogen (secondary N) is 1. The number of benzene rings is 2. The Labute approximate surface area is 178 Å². The molecule has 0 spiro atoms. The number of amides is 1. The van der Waals surface area contributed by atoms with Crippen LogP contribution < -0.4 is 19.9 Å². The number of fused-ring (bicyclic) bond motifs is 2. The third-order valence-electron chi connectivity index (χ3n) is 5.14. The first-order chi connectivity index (χ1) is 14.6. The van der Waals surface area contributed by atoms with E-state index in [4.69, 9.17) is 9.47 Å². The van der Waals surface area contributed by atoms with Crippen molar-refractivity contribution in [2.24, 2.45) is 0 Å². The number of carbonyl (C=O) groups excluding carboxylic acids is 1. The van der Waals surface area contributed by atoms with Crippen molar-refractivity contribution in [3.05, 3.63) is 58.1 Å². The van der Waals surface area contributed by atoms with Crippen LogP contribution in [-0.4, -0.2) is 42.4 Å². The first-order valence-corrected chi connectivity index (χ1v) is 10.9. The monoisotopic (exact) mass is 425 g/mol. The summed E-state index contributed by atoms with van der Waals surface area (Å²) in [6.45, 7) is 0.739. The number of para-hydroxylation sites is 1. The van der Waals surface area contributed by atoms with Crippen LogP contribution in [0.3, 0.4) is 0 Å². The molecule has 30 heavy (non-hydrogen) atoms. The molecule has 0 saturated heterocycles. The Kier molecular flexibility index (Phi) is 5.94. The zero-order valence-electron chi connectivity index (χ0n) is 16.9. The van der Waals surface area contributed by atoms with Crippen molar-refractivity contribution in [1.29, 1.82) is 0 Å². The standard InChI is InChI=1S/C22H23N3O4S/c1-28-18-10-15-16(11-19(18)29-2)23-20(24-22(15)27)12-30-13-21(26)25-9-5-7-14-6-3-4-8-17(14)25/h3-4,6,8,10-11H,5,7,9,12-13H2,1-2H3,(H,23,24,27). The van der Waals surface area contributed by atoms with Crippen LogP contribution in [-0.2, 0) is 17.0 Å². The molecule has 1 aliphatic rings. The molecule has 0 aliphatic carbocycles. The predicted octanol–water partition coefficient (Wildman–Crippen LogP) is 3.15. The number of anilines is 1. The zero-order chi connectivity index (χ0) is 21.1. The molecule has 2 aromatic carbocycles. The van der Waals surface area contributed by atoms with Crippen LogP contribution in [0.5, 0.6) is 11.5 Å². The molecule has 1 N–H and O–H groups in total. The molecule has 8 heteroatoms. The Morgan fingerprint density at radius 2 is 1.97 bits per heavy atom. The molecule has 0 saturated carbocycles. The van der Waals surface area contributed by atoms with Crippen LogP contribution in [0.2, 0.25) is 0 Å². The molecule has 1 aliphatic heterocycles. The number of hydrogen-bond donors (Lipinski definition) is 1. The summed E-state index contributed by atoms with van der Waals surface area (Å²) in [7, 11) is 3.06. The fourth-order valence-corrected chi connectivity index (χ4v) is 4.45. The van der Waals surface area contributed by atoms with Crippen LogP contribution >= 0.6 is 11.8 Å². The second kappa shape index (κ2) is 8.79. The number of nitrogens with zero attached hydrogens (tertiary/aromatic N) is 2. The summed E-state index contributed by atoms with van der Waals surface area (Å²) in [5, 5.41) is 0.433. The van der Waals surface area contributed by atoms with Gasteiger partial charge in [-0.25, -0.2) is 4.98 Å². The SMILES string of the molecule is COc1cc2nc(CSCC(=O)N3CCCc4ccccc43)[nH]c(=O)c2cc1OC. The van der Waals surface area contributed by atoms with Crippen molar-refractivity contribution >= 4 is 34.3 Å². The van der Waals surface area contributed by atoms with Crippen molar-refractivity contribution in [3.63, 3.8) is 0 Å². The van der Waals surface area contributed by atoms with E-state index in [1.807, 2.05) is 23.1 Å². The van der Waals surface area contributed by atoms with Crippen molar-refractivity contribution in [3.8, 4) is 11.5 Å². The van der Waals surface area contributed by atoms with Crippen LogP contribution in [0, 0.1) is 0 Å². The predicted molar refractivity (Wildman–Crippen MR) is 119 cm³/mol. The van der Waals surface area contributed by atoms with E-state index in [9.17, 15) is 9.59 Å². The van der Waals surface area contributed by atoms with Gasteiger partial charge in [0, 0.05) is 18.3 Å². The molecular weight excluding hydrogens is 402 g/mol. The van der Waals surface area contributed by atoms with E-state index in [2.05, 4.69) is 16.0 Å². The summed E-state index contributed by atoms with van der Waals surface area (Å²) >= 11 is 1.44. The number of methoxy groups -OCH3 is 2. The van der Waals surface area contributed by atoms with Gasteiger partial charge in [0.1, 0.15) is 5.82 Å². The number of H-pyrrole nitrogens is 1. The molecule has 0 fully saturated rings. The van der Waals surface area contributed by atoms with Crippen LogP contribution in [0.25, 0.3) is 10.9 Å². The molecule has 2 heterocycles. The van der Waals surface area contributed by atoms with Gasteiger partial charge in [-0.1, -0.05) is 18.2 Å². The minimum atomic E-state index is -0.243. The highest BCUT2D eigenvalue weighted by Crippen LogP contribution is 2.30. The number of aromatic nitrogens is 2. The fourth-order valence-electron chi connectivity index (χ4n) is 3.69. The van der Waals surface area contributed by atoms with Gasteiger partial charge in [-0.3, -0.25) is 9.59 Å². The maximum Gasteiger partial charge on any atom is 0.258 e. The van der Waals surface area contributed by atoms with E-state index in [1.165, 1.54) is 31.5 Å². The number of aryl methyl sites for hydroxylation is 1. The second-order valence-electron chi connectivity index (χ2n) is 7.01. The van der Waals surface area contributed by atoms with Crippen molar-refractivity contribution < 1.29 is 14.3 Å². The van der Waals surface area contributed by atoms with Gasteiger partial charge in [-0.2, -0.15) is 0 Å². The average Bonchev–Trinajstić information content (AvgIpc) is 2.77. The van der Waals surface area contributed by atoms with Gasteiger partial charge in [0.05, 0.1) is 36.6 Å². The number of hydrogen-bond acceptors (Lipinski definition) is 6. The molecule has 1 amide bonds. The molecule has 0 unspecified atom stereocenters. The van der Waals surface area contributed by atoms with Gasteiger partial charge < -0.3 is 19.4 Å². The number of ether oxygens (including phenoxy) is 2. The first-order valence-electron chi connectivity index (χ1n) is 9.71. The molecule has 0 radical (unpaired) electrons. The molecule has 0 bridgehead atoms. The molecule has 4 rings (SSSR count). The minimum Gasteiger partial charge on any atom is -0.493 e. The third kappa shape index (κ3) is 4.00. The largest absolute Gasteiger partial charge is 0.493 e. The van der Waals surface area contributed by atoms with Crippen LogP contribution in [0.4, 0.5) is 5.69 Å². The smallest absolute Gasteiger partial charge is 0.258 e. The highest BCUT2D eigenvalue weighted by Gasteiger charge is 2.22. The van der Waals surface area contributed by atoms with Crippen molar-refractivity contribution in [2.45, 2.75) is 18.6 Å². The van der Waals surface area contributed by atoms with Gasteiger partial charge in [-0.15, -0.1) is 11.8 Å². The topological polar surface area (TPSA) is 84.5 Å². The number of aromatic amines is 1.